The lowest BCUT2D eigenvalue weighted by Gasteiger charge is -2.29. The number of aliphatic hydroxyl groups is 4. The molecule has 6 nitrogen and oxygen atoms in total. The molecule has 0 aliphatic rings. The molecular formula is C14H22O6S3. The van der Waals surface area contributed by atoms with E-state index >= 15 is 0 Å². The molecule has 4 atom stereocenters. The first-order chi connectivity index (χ1) is 10.7. The van der Waals surface area contributed by atoms with Gasteiger partial charge in [-0.15, -0.1) is 23.5 Å². The minimum absolute atomic E-state index is 0.164. The molecule has 23 heavy (non-hydrogen) atoms. The molecule has 0 saturated heterocycles. The SMILES string of the molecule is CSC(SC)[C@H](O)[C@@H](O)[C@@H](O)C(O)S(=O)(=O)c1ccc(C)cc1. The van der Waals surface area contributed by atoms with E-state index in [1.165, 1.54) is 35.7 Å². The van der Waals surface area contributed by atoms with Crippen molar-refractivity contribution < 1.29 is 28.8 Å². The van der Waals surface area contributed by atoms with Crippen LogP contribution in [0.2, 0.25) is 0 Å². The molecule has 0 amide bonds. The van der Waals surface area contributed by atoms with Gasteiger partial charge in [0.15, 0.2) is 5.44 Å². The number of aliphatic hydroxyl groups excluding tert-OH is 4. The van der Waals surface area contributed by atoms with Gasteiger partial charge in [-0.2, -0.15) is 0 Å². The van der Waals surface area contributed by atoms with Crippen molar-refractivity contribution in [1.29, 1.82) is 0 Å². The van der Waals surface area contributed by atoms with Gasteiger partial charge in [-0.1, -0.05) is 17.7 Å². The van der Waals surface area contributed by atoms with Gasteiger partial charge in [-0.3, -0.25) is 0 Å². The molecule has 0 bridgehead atoms. The number of thioether (sulfide) groups is 2. The van der Waals surface area contributed by atoms with Crippen LogP contribution in [0, 0.1) is 6.92 Å². The molecule has 132 valence electrons. The molecule has 0 spiro atoms. The molecule has 1 rings (SSSR count). The summed E-state index contributed by atoms with van der Waals surface area (Å²) < 4.78 is 24.2. The van der Waals surface area contributed by atoms with Gasteiger partial charge in [0.2, 0.25) is 9.84 Å². The summed E-state index contributed by atoms with van der Waals surface area (Å²) in [6, 6.07) is 5.76. The van der Waals surface area contributed by atoms with Crippen molar-refractivity contribution in [2.45, 2.75) is 40.1 Å². The fourth-order valence-corrected chi connectivity index (χ4v) is 4.93. The van der Waals surface area contributed by atoms with Crippen molar-refractivity contribution in [3.63, 3.8) is 0 Å². The van der Waals surface area contributed by atoms with Crippen LogP contribution in [0.5, 0.6) is 0 Å². The Morgan fingerprint density at radius 2 is 1.35 bits per heavy atom. The highest BCUT2D eigenvalue weighted by Crippen LogP contribution is 2.27. The summed E-state index contributed by atoms with van der Waals surface area (Å²) in [5, 5.41) is 40.0. The fraction of sp³-hybridized carbons (Fsp3) is 0.571. The maximum absolute atomic E-state index is 12.3. The Morgan fingerprint density at radius 1 is 0.870 bits per heavy atom. The maximum Gasteiger partial charge on any atom is 0.207 e. The molecule has 1 unspecified atom stereocenters. The van der Waals surface area contributed by atoms with Gasteiger partial charge in [0.05, 0.1) is 9.48 Å². The van der Waals surface area contributed by atoms with E-state index in [-0.39, 0.29) is 4.90 Å². The third kappa shape index (κ3) is 4.85. The second kappa shape index (κ2) is 8.70. The van der Waals surface area contributed by atoms with E-state index in [9.17, 15) is 28.8 Å². The van der Waals surface area contributed by atoms with Crippen molar-refractivity contribution in [1.82, 2.24) is 0 Å². The predicted octanol–water partition coefficient (Wildman–Crippen LogP) is 0.222. The topological polar surface area (TPSA) is 115 Å². The quantitative estimate of drug-likeness (QED) is 0.472. The minimum Gasteiger partial charge on any atom is -0.388 e. The van der Waals surface area contributed by atoms with Gasteiger partial charge in [0.1, 0.15) is 18.3 Å². The standard InChI is InChI=1S/C14H22O6S3/c1-8-4-6-9(7-5-8)23(19,20)13(18)11(16)10(15)12(17)14(21-2)22-3/h4-7,10-18H,1-3H3/t10-,11+,12+,13?/m0/s1. The molecule has 0 saturated carbocycles. The fourth-order valence-electron chi connectivity index (χ4n) is 1.96. The zero-order chi connectivity index (χ0) is 17.8. The van der Waals surface area contributed by atoms with E-state index in [2.05, 4.69) is 0 Å². The lowest BCUT2D eigenvalue weighted by atomic mass is 10.1. The number of aryl methyl sites for hydroxylation is 1. The Labute approximate surface area is 144 Å². The van der Waals surface area contributed by atoms with E-state index in [0.29, 0.717) is 0 Å². The van der Waals surface area contributed by atoms with Crippen LogP contribution in [0.4, 0.5) is 0 Å². The first-order valence-corrected chi connectivity index (χ1v) is 10.9. The smallest absolute Gasteiger partial charge is 0.207 e. The summed E-state index contributed by atoms with van der Waals surface area (Å²) in [6.07, 6.45) is -1.79. The van der Waals surface area contributed by atoms with Gasteiger partial charge in [-0.05, 0) is 31.6 Å². The van der Waals surface area contributed by atoms with E-state index in [4.69, 9.17) is 0 Å². The van der Waals surface area contributed by atoms with Crippen LogP contribution < -0.4 is 0 Å². The Balaban J connectivity index is 2.98. The molecule has 0 aromatic heterocycles. The second-order valence-electron chi connectivity index (χ2n) is 5.06. The lowest BCUT2D eigenvalue weighted by Crippen LogP contribution is -2.49. The average molecular weight is 383 g/mol. The summed E-state index contributed by atoms with van der Waals surface area (Å²) in [5.74, 6) is 0. The van der Waals surface area contributed by atoms with Crippen LogP contribution in [-0.2, 0) is 9.84 Å². The highest BCUT2D eigenvalue weighted by molar-refractivity contribution is 8.16. The van der Waals surface area contributed by atoms with Crippen molar-refractivity contribution in [2.24, 2.45) is 0 Å². The van der Waals surface area contributed by atoms with Crippen molar-refractivity contribution in [3.05, 3.63) is 29.8 Å². The molecule has 1 aromatic rings. The Morgan fingerprint density at radius 3 is 1.78 bits per heavy atom. The summed E-state index contributed by atoms with van der Waals surface area (Å²) in [7, 11) is -4.25. The Bertz CT molecular complexity index is 585. The molecule has 1 aromatic carbocycles. The summed E-state index contributed by atoms with van der Waals surface area (Å²) in [5.41, 5.74) is -1.39. The van der Waals surface area contributed by atoms with Gasteiger partial charge < -0.3 is 20.4 Å². The molecule has 0 heterocycles. The van der Waals surface area contributed by atoms with Gasteiger partial charge in [0, 0.05) is 0 Å². The monoisotopic (exact) mass is 382 g/mol. The van der Waals surface area contributed by atoms with Crippen LogP contribution in [-0.4, -0.2) is 69.7 Å². The van der Waals surface area contributed by atoms with Gasteiger partial charge in [-0.25, -0.2) is 8.42 Å². The van der Waals surface area contributed by atoms with Crippen molar-refractivity contribution in [2.75, 3.05) is 12.5 Å². The van der Waals surface area contributed by atoms with E-state index in [1.807, 2.05) is 0 Å². The zero-order valence-corrected chi connectivity index (χ0v) is 15.5. The number of hydrogen-bond donors (Lipinski definition) is 4. The lowest BCUT2D eigenvalue weighted by molar-refractivity contribution is -0.0805. The van der Waals surface area contributed by atoms with Crippen molar-refractivity contribution in [3.8, 4) is 0 Å². The van der Waals surface area contributed by atoms with Crippen LogP contribution in [0.3, 0.4) is 0 Å². The normalized spacial score (nSPS) is 17.7. The first-order valence-electron chi connectivity index (χ1n) is 6.75. The van der Waals surface area contributed by atoms with Gasteiger partial charge >= 0.3 is 0 Å². The van der Waals surface area contributed by atoms with E-state index in [1.54, 1.807) is 31.6 Å². The predicted molar refractivity (Wildman–Crippen MR) is 93.2 cm³/mol. The molecular weight excluding hydrogens is 360 g/mol. The van der Waals surface area contributed by atoms with E-state index < -0.39 is 38.2 Å². The van der Waals surface area contributed by atoms with Crippen LogP contribution in [0.1, 0.15) is 5.56 Å². The largest absolute Gasteiger partial charge is 0.388 e. The molecule has 0 aliphatic carbocycles. The van der Waals surface area contributed by atoms with Crippen LogP contribution >= 0.6 is 23.5 Å². The number of rotatable bonds is 8. The Kier molecular flexibility index (Phi) is 7.85. The third-order valence-electron chi connectivity index (χ3n) is 3.40. The van der Waals surface area contributed by atoms with E-state index in [0.717, 1.165) is 5.56 Å². The minimum atomic E-state index is -4.25. The summed E-state index contributed by atoms with van der Waals surface area (Å²) in [6.45, 7) is 1.78. The Hall–Kier alpha value is -0.290. The van der Waals surface area contributed by atoms with Crippen molar-refractivity contribution >= 4 is 33.4 Å². The molecule has 0 radical (unpaired) electrons. The number of sulfone groups is 1. The summed E-state index contributed by atoms with van der Waals surface area (Å²) >= 11 is 2.50. The molecule has 0 aliphatic heterocycles. The number of hydrogen-bond acceptors (Lipinski definition) is 8. The average Bonchev–Trinajstić information content (AvgIpc) is 2.54. The molecule has 4 N–H and O–H groups in total. The van der Waals surface area contributed by atoms with Crippen LogP contribution in [0.15, 0.2) is 29.2 Å². The first kappa shape index (κ1) is 20.8. The van der Waals surface area contributed by atoms with Crippen LogP contribution in [0.25, 0.3) is 0 Å². The summed E-state index contributed by atoms with van der Waals surface area (Å²) in [4.78, 5) is -0.164. The number of benzene rings is 1. The second-order valence-corrected chi connectivity index (χ2v) is 9.36. The zero-order valence-electron chi connectivity index (χ0n) is 13.0. The highest BCUT2D eigenvalue weighted by atomic mass is 32.2. The van der Waals surface area contributed by atoms with Gasteiger partial charge in [0.25, 0.3) is 0 Å². The molecule has 9 heteroatoms. The highest BCUT2D eigenvalue weighted by Gasteiger charge is 2.40. The maximum atomic E-state index is 12.3. The third-order valence-corrected chi connectivity index (χ3v) is 7.89. The molecule has 0 fully saturated rings.